The number of piperidine rings is 1. The topological polar surface area (TPSA) is 59.4 Å². The van der Waals surface area contributed by atoms with Crippen molar-refractivity contribution >= 4 is 29.1 Å². The molecule has 6 nitrogen and oxygen atoms in total. The standard InChI is InChI=1S/C29H28Cl2N4O2/c1-20-27(29(36)33-34-16-6-3-7-17-34)32-35(26-15-12-23(30)18-25(26)31)28(20)22-10-13-24(14-11-22)37-19-21-8-4-2-5-9-21/h2,4-5,8-15,18H,3,6-7,16-17,19H2,1H3,(H,33,36). The van der Waals surface area contributed by atoms with Crippen LogP contribution in [0.25, 0.3) is 16.9 Å². The van der Waals surface area contributed by atoms with Crippen molar-refractivity contribution in [1.29, 1.82) is 0 Å². The Bertz CT molecular complexity index is 1380. The van der Waals surface area contributed by atoms with Crippen LogP contribution in [0.3, 0.4) is 0 Å². The molecular formula is C29H28Cl2N4O2. The van der Waals surface area contributed by atoms with Crippen molar-refractivity contribution in [3.63, 3.8) is 0 Å². The molecule has 3 aromatic carbocycles. The third kappa shape index (κ3) is 5.82. The zero-order chi connectivity index (χ0) is 25.8. The molecule has 0 unspecified atom stereocenters. The Hall–Kier alpha value is -3.32. The lowest BCUT2D eigenvalue weighted by molar-refractivity contribution is 0.0743. The van der Waals surface area contributed by atoms with Gasteiger partial charge in [-0.2, -0.15) is 5.10 Å². The van der Waals surface area contributed by atoms with Crippen LogP contribution in [-0.4, -0.2) is 33.8 Å². The fraction of sp³-hybridized carbons (Fsp3) is 0.241. The van der Waals surface area contributed by atoms with E-state index in [2.05, 4.69) is 5.43 Å². The highest BCUT2D eigenvalue weighted by Crippen LogP contribution is 2.33. The van der Waals surface area contributed by atoms with Crippen LogP contribution in [0.2, 0.25) is 10.0 Å². The minimum atomic E-state index is -0.229. The highest BCUT2D eigenvalue weighted by molar-refractivity contribution is 6.35. The van der Waals surface area contributed by atoms with Crippen molar-refractivity contribution in [1.82, 2.24) is 20.2 Å². The second-order valence-corrected chi connectivity index (χ2v) is 9.96. The predicted molar refractivity (Wildman–Crippen MR) is 147 cm³/mol. The summed E-state index contributed by atoms with van der Waals surface area (Å²) >= 11 is 12.7. The van der Waals surface area contributed by atoms with Crippen LogP contribution in [0.15, 0.2) is 72.8 Å². The minimum Gasteiger partial charge on any atom is -0.489 e. The number of carbonyl (C=O) groups excluding carboxylic acids is 1. The van der Waals surface area contributed by atoms with Gasteiger partial charge < -0.3 is 4.74 Å². The van der Waals surface area contributed by atoms with E-state index in [4.69, 9.17) is 33.0 Å². The molecule has 1 fully saturated rings. The van der Waals surface area contributed by atoms with Crippen LogP contribution >= 0.6 is 23.2 Å². The zero-order valence-corrected chi connectivity index (χ0v) is 22.1. The van der Waals surface area contributed by atoms with Crippen LogP contribution in [0.1, 0.15) is 40.9 Å². The van der Waals surface area contributed by atoms with E-state index in [0.717, 1.165) is 54.1 Å². The SMILES string of the molecule is Cc1c(C(=O)NN2CCCCC2)nn(-c2ccc(Cl)cc2Cl)c1-c1ccc(OCc2ccccc2)cc1. The summed E-state index contributed by atoms with van der Waals surface area (Å²) in [6, 6.07) is 23.1. The highest BCUT2D eigenvalue weighted by Gasteiger charge is 2.25. The number of nitrogens with zero attached hydrogens (tertiary/aromatic N) is 3. The number of ether oxygens (including phenoxy) is 1. The molecule has 5 rings (SSSR count). The fourth-order valence-corrected chi connectivity index (χ4v) is 5.02. The summed E-state index contributed by atoms with van der Waals surface area (Å²) in [7, 11) is 0. The van der Waals surface area contributed by atoms with Gasteiger partial charge in [-0.3, -0.25) is 10.2 Å². The van der Waals surface area contributed by atoms with Gasteiger partial charge >= 0.3 is 0 Å². The number of nitrogens with one attached hydrogen (secondary N) is 1. The summed E-state index contributed by atoms with van der Waals surface area (Å²) in [6.45, 7) is 4.07. The molecule has 2 heterocycles. The number of hydrogen-bond acceptors (Lipinski definition) is 4. The number of amides is 1. The second-order valence-electron chi connectivity index (χ2n) is 9.12. The number of halogens is 2. The zero-order valence-electron chi connectivity index (χ0n) is 20.6. The first-order valence-electron chi connectivity index (χ1n) is 12.4. The molecule has 1 aliphatic heterocycles. The Kier molecular flexibility index (Phi) is 7.79. The summed E-state index contributed by atoms with van der Waals surface area (Å²) in [6.07, 6.45) is 3.32. The lowest BCUT2D eigenvalue weighted by atomic mass is 10.1. The molecule has 0 aliphatic carbocycles. The molecule has 1 saturated heterocycles. The fourth-order valence-electron chi connectivity index (χ4n) is 4.53. The van der Waals surface area contributed by atoms with Crippen LogP contribution < -0.4 is 10.2 Å². The molecule has 0 bridgehead atoms. The number of aromatic nitrogens is 2. The predicted octanol–water partition coefficient (Wildman–Crippen LogP) is 6.86. The number of carbonyl (C=O) groups is 1. The van der Waals surface area contributed by atoms with E-state index in [-0.39, 0.29) is 5.91 Å². The molecule has 0 atom stereocenters. The second kappa shape index (κ2) is 11.4. The molecule has 0 radical (unpaired) electrons. The first kappa shape index (κ1) is 25.3. The van der Waals surface area contributed by atoms with Crippen molar-refractivity contribution in [2.45, 2.75) is 32.8 Å². The van der Waals surface area contributed by atoms with Crippen LogP contribution in [-0.2, 0) is 6.61 Å². The van der Waals surface area contributed by atoms with Gasteiger partial charge in [-0.25, -0.2) is 9.69 Å². The molecular weight excluding hydrogens is 507 g/mol. The van der Waals surface area contributed by atoms with Crippen molar-refractivity contribution in [3.05, 3.63) is 99.7 Å². The third-order valence-electron chi connectivity index (χ3n) is 6.47. The van der Waals surface area contributed by atoms with Crippen LogP contribution in [0.4, 0.5) is 0 Å². The maximum absolute atomic E-state index is 13.3. The molecule has 1 aromatic heterocycles. The van der Waals surface area contributed by atoms with Crippen LogP contribution in [0, 0.1) is 6.92 Å². The van der Waals surface area contributed by atoms with Crippen molar-refractivity contribution in [3.8, 4) is 22.7 Å². The van der Waals surface area contributed by atoms with Gasteiger partial charge in [-0.15, -0.1) is 0 Å². The Morgan fingerprint density at radius 3 is 2.41 bits per heavy atom. The Morgan fingerprint density at radius 1 is 0.973 bits per heavy atom. The molecule has 0 spiro atoms. The van der Waals surface area contributed by atoms with Crippen molar-refractivity contribution < 1.29 is 9.53 Å². The summed E-state index contributed by atoms with van der Waals surface area (Å²) in [5.74, 6) is 0.524. The molecule has 4 aromatic rings. The van der Waals surface area contributed by atoms with E-state index >= 15 is 0 Å². The Labute approximate surface area is 226 Å². The maximum atomic E-state index is 13.3. The lowest BCUT2D eigenvalue weighted by Gasteiger charge is -2.26. The molecule has 1 N–H and O–H groups in total. The first-order valence-corrected chi connectivity index (χ1v) is 13.1. The summed E-state index contributed by atoms with van der Waals surface area (Å²) in [5.41, 5.74) is 7.56. The van der Waals surface area contributed by atoms with E-state index in [1.165, 1.54) is 6.42 Å². The van der Waals surface area contributed by atoms with E-state index in [9.17, 15) is 4.79 Å². The van der Waals surface area contributed by atoms with E-state index in [1.54, 1.807) is 16.8 Å². The summed E-state index contributed by atoms with van der Waals surface area (Å²) in [5, 5.41) is 7.68. The summed E-state index contributed by atoms with van der Waals surface area (Å²) in [4.78, 5) is 13.3. The summed E-state index contributed by atoms with van der Waals surface area (Å²) < 4.78 is 7.68. The molecule has 37 heavy (non-hydrogen) atoms. The monoisotopic (exact) mass is 534 g/mol. The number of hydrazine groups is 1. The van der Waals surface area contributed by atoms with Crippen molar-refractivity contribution in [2.24, 2.45) is 0 Å². The minimum absolute atomic E-state index is 0.229. The molecule has 1 aliphatic rings. The molecule has 0 saturated carbocycles. The van der Waals surface area contributed by atoms with E-state index < -0.39 is 0 Å². The number of rotatable bonds is 7. The van der Waals surface area contributed by atoms with E-state index in [0.29, 0.717) is 28.0 Å². The van der Waals surface area contributed by atoms with Gasteiger partial charge in [-0.1, -0.05) is 60.0 Å². The van der Waals surface area contributed by atoms with Crippen LogP contribution in [0.5, 0.6) is 5.75 Å². The average Bonchev–Trinajstić information content (AvgIpc) is 3.25. The van der Waals surface area contributed by atoms with Gasteiger partial charge in [0, 0.05) is 29.2 Å². The number of hydrogen-bond donors (Lipinski definition) is 1. The van der Waals surface area contributed by atoms with Gasteiger partial charge in [0.2, 0.25) is 0 Å². The molecule has 190 valence electrons. The highest BCUT2D eigenvalue weighted by atomic mass is 35.5. The van der Waals surface area contributed by atoms with Gasteiger partial charge in [0.1, 0.15) is 12.4 Å². The van der Waals surface area contributed by atoms with Gasteiger partial charge in [-0.05, 0) is 67.8 Å². The van der Waals surface area contributed by atoms with Crippen molar-refractivity contribution in [2.75, 3.05) is 13.1 Å². The quantitative estimate of drug-likeness (QED) is 0.281. The largest absolute Gasteiger partial charge is 0.489 e. The molecule has 1 amide bonds. The van der Waals surface area contributed by atoms with E-state index in [1.807, 2.05) is 72.6 Å². The first-order chi connectivity index (χ1) is 18.0. The number of benzene rings is 3. The maximum Gasteiger partial charge on any atom is 0.286 e. The third-order valence-corrected chi connectivity index (χ3v) is 7.00. The smallest absolute Gasteiger partial charge is 0.286 e. The lowest BCUT2D eigenvalue weighted by Crippen LogP contribution is -2.45. The average molecular weight is 535 g/mol. The van der Waals surface area contributed by atoms with Gasteiger partial charge in [0.15, 0.2) is 5.69 Å². The van der Waals surface area contributed by atoms with Gasteiger partial charge in [0.05, 0.1) is 16.4 Å². The van der Waals surface area contributed by atoms with Gasteiger partial charge in [0.25, 0.3) is 5.91 Å². The normalized spacial score (nSPS) is 13.9. The Morgan fingerprint density at radius 2 is 1.70 bits per heavy atom. The Balaban J connectivity index is 1.47. The molecule has 8 heteroatoms.